The molecule has 0 bridgehead atoms. The van der Waals surface area contributed by atoms with Gasteiger partial charge in [0.2, 0.25) is 0 Å². The molecule has 2 aromatic heterocycles. The van der Waals surface area contributed by atoms with E-state index < -0.39 is 0 Å². The van der Waals surface area contributed by atoms with E-state index >= 15 is 0 Å². The van der Waals surface area contributed by atoms with Crippen molar-refractivity contribution >= 4 is 23.8 Å². The first-order valence-corrected chi connectivity index (χ1v) is 10.5. The van der Waals surface area contributed by atoms with Gasteiger partial charge in [-0.15, -0.1) is 0 Å². The van der Waals surface area contributed by atoms with Crippen molar-refractivity contribution < 1.29 is 14.3 Å². The highest BCUT2D eigenvalue weighted by atomic mass is 32.1. The van der Waals surface area contributed by atoms with E-state index in [2.05, 4.69) is 15.3 Å². The van der Waals surface area contributed by atoms with Crippen LogP contribution in [0.25, 0.3) is 5.69 Å². The van der Waals surface area contributed by atoms with Crippen LogP contribution in [0.15, 0.2) is 79.4 Å². The third-order valence-corrected chi connectivity index (χ3v) is 5.00. The van der Waals surface area contributed by atoms with Gasteiger partial charge in [-0.05, 0) is 73.2 Å². The minimum Gasteiger partial charge on any atom is -0.490 e. The number of benzene rings is 2. The topological polar surface area (TPSA) is 81.2 Å². The maximum absolute atomic E-state index is 12.9. The molecule has 4 rings (SSSR count). The van der Waals surface area contributed by atoms with E-state index in [0.29, 0.717) is 40.7 Å². The van der Waals surface area contributed by atoms with Crippen molar-refractivity contribution in [3.8, 4) is 17.2 Å². The fourth-order valence-corrected chi connectivity index (χ4v) is 3.37. The number of anilines is 1. The molecule has 0 saturated carbocycles. The molecule has 0 unspecified atom stereocenters. The SMILES string of the molecule is CCOc1cc(C(=O)Nc2cccc(-n3cc[nH]c3=S)c2)ccc1OCc1ccncc1. The van der Waals surface area contributed by atoms with Crippen molar-refractivity contribution in [2.45, 2.75) is 13.5 Å². The van der Waals surface area contributed by atoms with Crippen LogP contribution in [0, 0.1) is 4.77 Å². The Hall–Kier alpha value is -3.91. The first-order valence-electron chi connectivity index (χ1n) is 10.1. The summed E-state index contributed by atoms with van der Waals surface area (Å²) in [5.41, 5.74) is 2.97. The van der Waals surface area contributed by atoms with E-state index in [9.17, 15) is 4.79 Å². The van der Waals surface area contributed by atoms with Gasteiger partial charge >= 0.3 is 0 Å². The summed E-state index contributed by atoms with van der Waals surface area (Å²) in [5.74, 6) is 0.840. The second-order valence-electron chi connectivity index (χ2n) is 6.88. The molecule has 32 heavy (non-hydrogen) atoms. The van der Waals surface area contributed by atoms with Gasteiger partial charge in [0.25, 0.3) is 5.91 Å². The van der Waals surface area contributed by atoms with Crippen molar-refractivity contribution in [1.82, 2.24) is 14.5 Å². The predicted octanol–water partition coefficient (Wildman–Crippen LogP) is 5.16. The lowest BCUT2D eigenvalue weighted by Crippen LogP contribution is -2.12. The zero-order valence-corrected chi connectivity index (χ0v) is 18.3. The Bertz CT molecular complexity index is 1270. The van der Waals surface area contributed by atoms with Crippen molar-refractivity contribution in [3.05, 3.63) is 95.3 Å². The number of nitrogens with one attached hydrogen (secondary N) is 2. The fourth-order valence-electron chi connectivity index (χ4n) is 3.14. The summed E-state index contributed by atoms with van der Waals surface area (Å²) in [5, 5.41) is 2.93. The van der Waals surface area contributed by atoms with Gasteiger partial charge in [0.1, 0.15) is 6.61 Å². The first kappa shape index (κ1) is 21.3. The summed E-state index contributed by atoms with van der Waals surface area (Å²) in [6.07, 6.45) is 7.03. The van der Waals surface area contributed by atoms with Gasteiger partial charge in [0.05, 0.1) is 6.61 Å². The molecule has 4 aromatic rings. The Kier molecular flexibility index (Phi) is 6.62. The van der Waals surface area contributed by atoms with Gasteiger partial charge in [-0.3, -0.25) is 14.3 Å². The van der Waals surface area contributed by atoms with Crippen molar-refractivity contribution in [2.24, 2.45) is 0 Å². The molecule has 0 aliphatic carbocycles. The summed E-state index contributed by atoms with van der Waals surface area (Å²) in [4.78, 5) is 19.8. The molecule has 0 radical (unpaired) electrons. The molecule has 0 spiro atoms. The Balaban J connectivity index is 1.50. The van der Waals surface area contributed by atoms with Crippen LogP contribution in [0.2, 0.25) is 0 Å². The molecule has 0 aliphatic rings. The van der Waals surface area contributed by atoms with Gasteiger partial charge < -0.3 is 19.8 Å². The minimum absolute atomic E-state index is 0.249. The molecule has 2 aromatic carbocycles. The Labute approximate surface area is 190 Å². The average Bonchev–Trinajstić information content (AvgIpc) is 3.25. The van der Waals surface area contributed by atoms with E-state index in [-0.39, 0.29) is 5.91 Å². The first-order chi connectivity index (χ1) is 15.6. The molecule has 2 N–H and O–H groups in total. The summed E-state index contributed by atoms with van der Waals surface area (Å²) in [6, 6.07) is 16.4. The third-order valence-electron chi connectivity index (χ3n) is 4.68. The quantitative estimate of drug-likeness (QED) is 0.366. The summed E-state index contributed by atoms with van der Waals surface area (Å²) in [6.45, 7) is 2.72. The number of pyridine rings is 1. The van der Waals surface area contributed by atoms with E-state index in [1.54, 1.807) is 36.8 Å². The highest BCUT2D eigenvalue weighted by Gasteiger charge is 2.13. The number of H-pyrrole nitrogens is 1. The summed E-state index contributed by atoms with van der Waals surface area (Å²) >= 11 is 5.27. The number of nitrogens with zero attached hydrogens (tertiary/aromatic N) is 2. The Morgan fingerprint density at radius 3 is 2.69 bits per heavy atom. The van der Waals surface area contributed by atoms with E-state index in [1.165, 1.54) is 0 Å². The number of aromatic nitrogens is 3. The zero-order chi connectivity index (χ0) is 22.3. The lowest BCUT2D eigenvalue weighted by Gasteiger charge is -2.14. The smallest absolute Gasteiger partial charge is 0.255 e. The molecule has 1 amide bonds. The van der Waals surface area contributed by atoms with Crippen LogP contribution >= 0.6 is 12.2 Å². The number of imidazole rings is 1. The second-order valence-corrected chi connectivity index (χ2v) is 7.27. The Morgan fingerprint density at radius 2 is 1.94 bits per heavy atom. The summed E-state index contributed by atoms with van der Waals surface area (Å²) in [7, 11) is 0. The van der Waals surface area contributed by atoms with Gasteiger partial charge in [0, 0.05) is 41.7 Å². The number of carbonyl (C=O) groups excluding carboxylic acids is 1. The second kappa shape index (κ2) is 9.93. The van der Waals surface area contributed by atoms with Crippen molar-refractivity contribution in [3.63, 3.8) is 0 Å². The average molecular weight is 447 g/mol. The van der Waals surface area contributed by atoms with Crippen LogP contribution in [0.1, 0.15) is 22.8 Å². The molecule has 0 saturated heterocycles. The van der Waals surface area contributed by atoms with Crippen molar-refractivity contribution in [2.75, 3.05) is 11.9 Å². The van der Waals surface area contributed by atoms with Crippen LogP contribution in [0.5, 0.6) is 11.5 Å². The molecule has 7 nitrogen and oxygen atoms in total. The predicted molar refractivity (Wildman–Crippen MR) is 125 cm³/mol. The van der Waals surface area contributed by atoms with E-state index in [4.69, 9.17) is 21.7 Å². The molecule has 162 valence electrons. The Morgan fingerprint density at radius 1 is 1.09 bits per heavy atom. The van der Waals surface area contributed by atoms with Crippen LogP contribution in [0.4, 0.5) is 5.69 Å². The number of ether oxygens (including phenoxy) is 2. The number of amides is 1. The number of aromatic amines is 1. The number of carbonyl (C=O) groups is 1. The maximum atomic E-state index is 12.9. The molecular weight excluding hydrogens is 424 g/mol. The molecule has 0 aliphatic heterocycles. The highest BCUT2D eigenvalue weighted by molar-refractivity contribution is 7.71. The minimum atomic E-state index is -0.249. The molecular formula is C24H22N4O3S. The van der Waals surface area contributed by atoms with Gasteiger partial charge in [0.15, 0.2) is 16.3 Å². The molecule has 2 heterocycles. The standard InChI is InChI=1S/C24H22N4O3S/c1-2-30-22-14-18(6-7-21(22)31-16-17-8-10-25-11-9-17)23(29)27-19-4-3-5-20(15-19)28-13-12-26-24(28)32/h3-15H,2,16H2,1H3,(H,26,32)(H,27,29). The fraction of sp³-hybridized carbons (Fsp3) is 0.125. The number of rotatable bonds is 8. The monoisotopic (exact) mass is 446 g/mol. The van der Waals surface area contributed by atoms with Crippen LogP contribution < -0.4 is 14.8 Å². The molecule has 8 heteroatoms. The van der Waals surface area contributed by atoms with Gasteiger partial charge in [-0.25, -0.2) is 0 Å². The number of hydrogen-bond acceptors (Lipinski definition) is 5. The van der Waals surface area contributed by atoms with Gasteiger partial charge in [-0.1, -0.05) is 6.07 Å². The van der Waals surface area contributed by atoms with Crippen molar-refractivity contribution in [1.29, 1.82) is 0 Å². The lowest BCUT2D eigenvalue weighted by atomic mass is 10.1. The zero-order valence-electron chi connectivity index (χ0n) is 17.4. The third kappa shape index (κ3) is 5.04. The molecule has 0 fully saturated rings. The number of hydrogen-bond donors (Lipinski definition) is 2. The van der Waals surface area contributed by atoms with E-state index in [0.717, 1.165) is 11.3 Å². The van der Waals surface area contributed by atoms with Crippen LogP contribution in [-0.4, -0.2) is 27.0 Å². The maximum Gasteiger partial charge on any atom is 0.255 e. The largest absolute Gasteiger partial charge is 0.490 e. The van der Waals surface area contributed by atoms with Crippen LogP contribution in [0.3, 0.4) is 0 Å². The lowest BCUT2D eigenvalue weighted by molar-refractivity contribution is 0.102. The molecule has 0 atom stereocenters. The van der Waals surface area contributed by atoms with Gasteiger partial charge in [-0.2, -0.15) is 0 Å². The highest BCUT2D eigenvalue weighted by Crippen LogP contribution is 2.30. The normalized spacial score (nSPS) is 10.5. The van der Waals surface area contributed by atoms with E-state index in [1.807, 2.05) is 54.1 Å². The summed E-state index contributed by atoms with van der Waals surface area (Å²) < 4.78 is 14.0. The van der Waals surface area contributed by atoms with Crippen LogP contribution in [-0.2, 0) is 6.61 Å².